The van der Waals surface area contributed by atoms with Crippen molar-refractivity contribution in [2.45, 2.75) is 43.1 Å². The molecule has 40 heavy (non-hydrogen) atoms. The molecule has 1 fully saturated rings. The molecular weight excluding hydrogens is 536 g/mol. The largest absolute Gasteiger partial charge is 0.504 e. The van der Waals surface area contributed by atoms with E-state index in [-0.39, 0.29) is 23.7 Å². The van der Waals surface area contributed by atoms with Gasteiger partial charge in [-0.1, -0.05) is 12.1 Å². The molecule has 218 valence electrons. The van der Waals surface area contributed by atoms with Gasteiger partial charge < -0.3 is 59.4 Å². The van der Waals surface area contributed by atoms with Crippen LogP contribution in [-0.4, -0.2) is 111 Å². The number of ether oxygens (including phenoxy) is 5. The zero-order valence-corrected chi connectivity index (χ0v) is 21.1. The quantitative estimate of drug-likeness (QED) is 0.0817. The maximum absolute atomic E-state index is 12.4. The highest BCUT2D eigenvalue weighted by molar-refractivity contribution is 5.89. The number of carbonyl (C=O) groups excluding carboxylic acids is 2. The minimum Gasteiger partial charge on any atom is -0.504 e. The maximum Gasteiger partial charge on any atom is 0.337 e. The molecule has 0 saturated carbocycles. The Labute approximate surface area is 227 Å². The molecule has 14 heteroatoms. The number of esters is 2. The number of phenols is 2. The average Bonchev–Trinajstić information content (AvgIpc) is 3.28. The number of aromatic hydroxyl groups is 2. The van der Waals surface area contributed by atoms with E-state index in [1.165, 1.54) is 30.4 Å². The number of aliphatic hydroxyl groups is 5. The van der Waals surface area contributed by atoms with Gasteiger partial charge in [0.2, 0.25) is 6.29 Å². The van der Waals surface area contributed by atoms with Gasteiger partial charge in [0, 0.05) is 12.0 Å². The highest BCUT2D eigenvalue weighted by Crippen LogP contribution is 2.45. The first kappa shape index (κ1) is 29.5. The van der Waals surface area contributed by atoms with Crippen LogP contribution >= 0.6 is 0 Å². The van der Waals surface area contributed by atoms with Crippen molar-refractivity contribution in [3.63, 3.8) is 0 Å². The SMILES string of the molecule is COC(=O)C1=COC(OC2OC(CO)C(O)C(O)C2O)[C@@H]2C(COC(=O)/C=C/c3ccc(O)c(O)c3)=CC(O)[C@H]12. The zero-order valence-electron chi connectivity index (χ0n) is 21.1. The molecule has 0 amide bonds. The van der Waals surface area contributed by atoms with Crippen molar-refractivity contribution in [3.8, 4) is 11.5 Å². The van der Waals surface area contributed by atoms with E-state index in [1.54, 1.807) is 0 Å². The lowest BCUT2D eigenvalue weighted by molar-refractivity contribution is -0.340. The fourth-order valence-electron chi connectivity index (χ4n) is 4.79. The minimum absolute atomic E-state index is 0.0294. The maximum atomic E-state index is 12.4. The Morgan fingerprint density at radius 3 is 2.42 bits per heavy atom. The van der Waals surface area contributed by atoms with Crippen LogP contribution in [0.5, 0.6) is 11.5 Å². The summed E-state index contributed by atoms with van der Waals surface area (Å²) >= 11 is 0. The van der Waals surface area contributed by atoms with Crippen LogP contribution in [0.1, 0.15) is 5.56 Å². The third-order valence-electron chi connectivity index (χ3n) is 6.88. The molecule has 2 heterocycles. The van der Waals surface area contributed by atoms with Crippen LogP contribution in [0.4, 0.5) is 0 Å². The van der Waals surface area contributed by atoms with E-state index in [2.05, 4.69) is 0 Å². The van der Waals surface area contributed by atoms with Gasteiger partial charge in [0.15, 0.2) is 17.8 Å². The van der Waals surface area contributed by atoms with Crippen molar-refractivity contribution in [2.75, 3.05) is 20.3 Å². The van der Waals surface area contributed by atoms with Crippen molar-refractivity contribution in [1.29, 1.82) is 0 Å². The molecule has 3 aliphatic rings. The minimum atomic E-state index is -1.74. The standard InChI is InChI=1S/C26H30O14/c1-36-24(35)13-10-38-25(40-26-23(34)22(33)21(32)17(8-27)39-26)19-12(7-16(30)20(13)19)9-37-18(31)5-3-11-2-4-14(28)15(29)6-11/h2-7,10,16-17,19-23,25-30,32-34H,8-9H2,1H3/b5-3+/t16?,17?,19-,20+,21?,22?,23?,25?,26?/m1/s1. The van der Waals surface area contributed by atoms with Gasteiger partial charge in [0.25, 0.3) is 0 Å². The summed E-state index contributed by atoms with van der Waals surface area (Å²) in [6.07, 6.45) is -5.69. The van der Waals surface area contributed by atoms with Crippen LogP contribution in [-0.2, 0) is 33.3 Å². The predicted molar refractivity (Wildman–Crippen MR) is 131 cm³/mol. The number of hydrogen-bond donors (Lipinski definition) is 7. The van der Waals surface area contributed by atoms with Gasteiger partial charge >= 0.3 is 11.9 Å². The highest BCUT2D eigenvalue weighted by Gasteiger charge is 2.52. The van der Waals surface area contributed by atoms with Gasteiger partial charge in [0.05, 0.1) is 37.6 Å². The average molecular weight is 567 g/mol. The first-order valence-electron chi connectivity index (χ1n) is 12.2. The Morgan fingerprint density at radius 2 is 1.75 bits per heavy atom. The van der Waals surface area contributed by atoms with Gasteiger partial charge in [-0.15, -0.1) is 0 Å². The van der Waals surface area contributed by atoms with Crippen molar-refractivity contribution < 1.29 is 69.0 Å². The summed E-state index contributed by atoms with van der Waals surface area (Å²) in [6.45, 7) is -1.06. The number of rotatable bonds is 8. The van der Waals surface area contributed by atoms with Gasteiger partial charge in [-0.05, 0) is 29.3 Å². The monoisotopic (exact) mass is 566 g/mol. The van der Waals surface area contributed by atoms with Gasteiger partial charge in [-0.25, -0.2) is 9.59 Å². The normalized spacial score (nSPS) is 33.5. The lowest BCUT2D eigenvalue weighted by Crippen LogP contribution is -2.60. The number of aliphatic hydroxyl groups excluding tert-OH is 5. The fraction of sp³-hybridized carbons (Fsp3) is 0.462. The number of carbonyl (C=O) groups is 2. The highest BCUT2D eigenvalue weighted by atomic mass is 16.8. The van der Waals surface area contributed by atoms with Crippen molar-refractivity contribution >= 4 is 18.0 Å². The molecule has 1 saturated heterocycles. The van der Waals surface area contributed by atoms with Crippen LogP contribution in [0.3, 0.4) is 0 Å². The van der Waals surface area contributed by atoms with E-state index in [0.717, 1.165) is 19.4 Å². The van der Waals surface area contributed by atoms with Crippen LogP contribution in [0.2, 0.25) is 0 Å². The first-order chi connectivity index (χ1) is 19.0. The molecule has 7 unspecified atom stereocenters. The van der Waals surface area contributed by atoms with Crippen LogP contribution in [0.25, 0.3) is 6.08 Å². The molecule has 4 rings (SSSR count). The van der Waals surface area contributed by atoms with Gasteiger partial charge in [-0.3, -0.25) is 0 Å². The van der Waals surface area contributed by atoms with E-state index in [0.29, 0.717) is 11.1 Å². The summed E-state index contributed by atoms with van der Waals surface area (Å²) in [5.41, 5.74) is 0.674. The summed E-state index contributed by atoms with van der Waals surface area (Å²) in [6, 6.07) is 3.94. The van der Waals surface area contributed by atoms with Crippen LogP contribution < -0.4 is 0 Å². The topological polar surface area (TPSA) is 222 Å². The van der Waals surface area contributed by atoms with Crippen molar-refractivity contribution in [3.05, 3.63) is 53.3 Å². The Hall–Kier alpha value is -3.50. The number of benzene rings is 1. The molecular formula is C26H30O14. The van der Waals surface area contributed by atoms with E-state index >= 15 is 0 Å². The summed E-state index contributed by atoms with van der Waals surface area (Å²) in [7, 11) is 1.15. The molecule has 1 aliphatic carbocycles. The molecule has 1 aromatic carbocycles. The van der Waals surface area contributed by atoms with Crippen molar-refractivity contribution in [1.82, 2.24) is 0 Å². The summed E-state index contributed by atoms with van der Waals surface area (Å²) < 4.78 is 26.8. The van der Waals surface area contributed by atoms with Gasteiger partial charge in [-0.2, -0.15) is 0 Å². The predicted octanol–water partition coefficient (Wildman–Crippen LogP) is -1.58. The summed E-state index contributed by atoms with van der Waals surface area (Å²) in [4.78, 5) is 24.8. The number of phenolic OH excluding ortho intramolecular Hbond substituents is 2. The molecule has 0 radical (unpaired) electrons. The van der Waals surface area contributed by atoms with E-state index in [1.807, 2.05) is 0 Å². The van der Waals surface area contributed by atoms with E-state index in [9.17, 15) is 45.3 Å². The van der Waals surface area contributed by atoms with Crippen molar-refractivity contribution in [2.24, 2.45) is 11.8 Å². The molecule has 0 aromatic heterocycles. The smallest absolute Gasteiger partial charge is 0.337 e. The summed E-state index contributed by atoms with van der Waals surface area (Å²) in [5.74, 6) is -4.18. The third-order valence-corrected chi connectivity index (χ3v) is 6.88. The zero-order chi connectivity index (χ0) is 29.1. The molecule has 7 N–H and O–H groups in total. The lowest BCUT2D eigenvalue weighted by atomic mass is 9.82. The Kier molecular flexibility index (Phi) is 9.10. The molecule has 2 aliphatic heterocycles. The second-order valence-corrected chi connectivity index (χ2v) is 9.38. The molecule has 14 nitrogen and oxygen atoms in total. The second kappa shape index (κ2) is 12.3. The number of methoxy groups -OCH3 is 1. The Balaban J connectivity index is 1.51. The summed E-state index contributed by atoms with van der Waals surface area (Å²) in [5, 5.41) is 69.8. The molecule has 0 spiro atoms. The molecule has 9 atom stereocenters. The Bertz CT molecular complexity index is 1190. The van der Waals surface area contributed by atoms with E-state index in [4.69, 9.17) is 23.7 Å². The molecule has 1 aromatic rings. The van der Waals surface area contributed by atoms with E-state index < -0.39 is 73.5 Å². The Morgan fingerprint density at radius 1 is 1.00 bits per heavy atom. The number of hydrogen-bond acceptors (Lipinski definition) is 14. The fourth-order valence-corrected chi connectivity index (χ4v) is 4.79. The van der Waals surface area contributed by atoms with Crippen LogP contribution in [0.15, 0.2) is 47.8 Å². The number of fused-ring (bicyclic) bond motifs is 1. The first-order valence-corrected chi connectivity index (χ1v) is 12.2. The third kappa shape index (κ3) is 5.97. The lowest BCUT2D eigenvalue weighted by Gasteiger charge is -2.43. The molecule has 0 bridgehead atoms. The second-order valence-electron chi connectivity index (χ2n) is 9.38. The van der Waals surface area contributed by atoms with Gasteiger partial charge in [0.1, 0.15) is 31.0 Å². The van der Waals surface area contributed by atoms with Crippen LogP contribution in [0, 0.1) is 11.8 Å².